The maximum Gasteiger partial charge on any atom is 0.265 e. The van der Waals surface area contributed by atoms with E-state index in [1.165, 1.54) is 6.33 Å². The molecule has 0 spiro atoms. The van der Waals surface area contributed by atoms with Gasteiger partial charge in [0.1, 0.15) is 17.0 Å². The highest BCUT2D eigenvalue weighted by Gasteiger charge is 2.15. The number of hydrogen-bond donors (Lipinski definition) is 2. The highest BCUT2D eigenvalue weighted by molar-refractivity contribution is 7.08. The molecule has 9 nitrogen and oxygen atoms in total. The summed E-state index contributed by atoms with van der Waals surface area (Å²) in [5.41, 5.74) is 2.70. The van der Waals surface area contributed by atoms with Gasteiger partial charge in [0.15, 0.2) is 5.82 Å². The molecule has 0 radical (unpaired) electrons. The van der Waals surface area contributed by atoms with Crippen LogP contribution in [0.25, 0.3) is 5.82 Å². The molecule has 10 heteroatoms. The molecule has 0 bridgehead atoms. The lowest BCUT2D eigenvalue weighted by Gasteiger charge is -2.09. The van der Waals surface area contributed by atoms with Crippen LogP contribution < -0.4 is 10.6 Å². The van der Waals surface area contributed by atoms with Crippen LogP contribution in [-0.2, 0) is 6.42 Å². The summed E-state index contributed by atoms with van der Waals surface area (Å²) in [4.78, 5) is 21.3. The first-order valence-electron chi connectivity index (χ1n) is 8.77. The van der Waals surface area contributed by atoms with E-state index in [2.05, 4.69) is 35.3 Å². The van der Waals surface area contributed by atoms with Crippen LogP contribution in [0.4, 0.5) is 5.82 Å². The van der Waals surface area contributed by atoms with Gasteiger partial charge in [-0.2, -0.15) is 5.10 Å². The second-order valence-corrected chi connectivity index (χ2v) is 6.84. The third-order valence-electron chi connectivity index (χ3n) is 3.84. The molecule has 3 aromatic heterocycles. The summed E-state index contributed by atoms with van der Waals surface area (Å²) in [7, 11) is 0. The van der Waals surface area contributed by atoms with E-state index in [9.17, 15) is 4.79 Å². The van der Waals surface area contributed by atoms with Gasteiger partial charge in [-0.1, -0.05) is 17.8 Å². The number of nitrogens with zero attached hydrogens (tertiary/aromatic N) is 6. The maximum absolute atomic E-state index is 12.2. The Labute approximate surface area is 161 Å². The SMILES string of the molecule is CCCc1nnsc1C(=O)NCCNc1cc(-n2nc(C)cc2C)ncn1. The van der Waals surface area contributed by atoms with E-state index in [1.807, 2.05) is 32.9 Å². The van der Waals surface area contributed by atoms with Crippen LogP contribution in [0.1, 0.15) is 40.1 Å². The lowest BCUT2D eigenvalue weighted by molar-refractivity contribution is 0.0958. The molecule has 0 atom stereocenters. The molecule has 1 amide bonds. The van der Waals surface area contributed by atoms with Crippen molar-refractivity contribution >= 4 is 23.3 Å². The summed E-state index contributed by atoms with van der Waals surface area (Å²) < 4.78 is 5.65. The van der Waals surface area contributed by atoms with E-state index in [1.54, 1.807) is 4.68 Å². The Balaban J connectivity index is 1.53. The number of carbonyl (C=O) groups is 1. The maximum atomic E-state index is 12.2. The van der Waals surface area contributed by atoms with Crippen molar-refractivity contribution in [1.29, 1.82) is 0 Å². The zero-order valence-corrected chi connectivity index (χ0v) is 16.4. The van der Waals surface area contributed by atoms with Gasteiger partial charge in [0.2, 0.25) is 0 Å². The van der Waals surface area contributed by atoms with Crippen LogP contribution in [0.15, 0.2) is 18.5 Å². The molecule has 3 heterocycles. The molecule has 0 aliphatic heterocycles. The van der Waals surface area contributed by atoms with Gasteiger partial charge in [-0.15, -0.1) is 5.10 Å². The Bertz CT molecular complexity index is 919. The van der Waals surface area contributed by atoms with Gasteiger partial charge >= 0.3 is 0 Å². The minimum absolute atomic E-state index is 0.138. The van der Waals surface area contributed by atoms with Gasteiger partial charge in [0, 0.05) is 24.8 Å². The molecule has 0 aliphatic carbocycles. The van der Waals surface area contributed by atoms with Crippen LogP contribution >= 0.6 is 11.5 Å². The lowest BCUT2D eigenvalue weighted by atomic mass is 10.2. The molecule has 0 aromatic carbocycles. The highest BCUT2D eigenvalue weighted by Crippen LogP contribution is 2.13. The van der Waals surface area contributed by atoms with Crippen molar-refractivity contribution in [3.63, 3.8) is 0 Å². The van der Waals surface area contributed by atoms with Gasteiger partial charge in [-0.05, 0) is 37.9 Å². The molecule has 0 saturated carbocycles. The summed E-state index contributed by atoms with van der Waals surface area (Å²) >= 11 is 1.13. The fourth-order valence-electron chi connectivity index (χ4n) is 2.65. The number of aromatic nitrogens is 6. The van der Waals surface area contributed by atoms with Crippen molar-refractivity contribution in [1.82, 2.24) is 34.7 Å². The predicted octanol–water partition coefficient (Wildman–Crippen LogP) is 1.93. The van der Waals surface area contributed by atoms with Crippen LogP contribution in [0.2, 0.25) is 0 Å². The fraction of sp³-hybridized carbons (Fsp3) is 0.412. The first-order valence-corrected chi connectivity index (χ1v) is 9.54. The lowest BCUT2D eigenvalue weighted by Crippen LogP contribution is -2.29. The molecular weight excluding hydrogens is 364 g/mol. The van der Waals surface area contributed by atoms with Crippen molar-refractivity contribution in [3.05, 3.63) is 40.4 Å². The van der Waals surface area contributed by atoms with Crippen LogP contribution in [0.5, 0.6) is 0 Å². The third-order valence-corrected chi connectivity index (χ3v) is 4.61. The molecule has 0 saturated heterocycles. The molecule has 0 aliphatic rings. The molecule has 0 unspecified atom stereocenters. The van der Waals surface area contributed by atoms with Gasteiger partial charge in [0.25, 0.3) is 5.91 Å². The van der Waals surface area contributed by atoms with Gasteiger partial charge in [-0.25, -0.2) is 14.6 Å². The van der Waals surface area contributed by atoms with Crippen molar-refractivity contribution < 1.29 is 4.79 Å². The second kappa shape index (κ2) is 8.67. The highest BCUT2D eigenvalue weighted by atomic mass is 32.1. The van der Waals surface area contributed by atoms with Gasteiger partial charge in [0.05, 0.1) is 11.4 Å². The minimum atomic E-state index is -0.138. The number of nitrogens with one attached hydrogen (secondary N) is 2. The van der Waals surface area contributed by atoms with Crippen LogP contribution in [0, 0.1) is 13.8 Å². The van der Waals surface area contributed by atoms with Crippen molar-refractivity contribution in [3.8, 4) is 5.82 Å². The van der Waals surface area contributed by atoms with E-state index >= 15 is 0 Å². The van der Waals surface area contributed by atoms with Crippen LogP contribution in [0.3, 0.4) is 0 Å². The number of rotatable bonds is 8. The summed E-state index contributed by atoms with van der Waals surface area (Å²) in [5.74, 6) is 1.23. The topological polar surface area (TPSA) is 111 Å². The van der Waals surface area contributed by atoms with Crippen LogP contribution in [-0.4, -0.2) is 48.3 Å². The van der Waals surface area contributed by atoms with Crippen molar-refractivity contribution in [2.45, 2.75) is 33.6 Å². The summed E-state index contributed by atoms with van der Waals surface area (Å²) in [6.07, 6.45) is 3.18. The second-order valence-electron chi connectivity index (χ2n) is 6.08. The molecule has 3 rings (SSSR count). The summed E-state index contributed by atoms with van der Waals surface area (Å²) in [6, 6.07) is 3.82. The zero-order chi connectivity index (χ0) is 19.2. The Morgan fingerprint density at radius 2 is 2.07 bits per heavy atom. The Morgan fingerprint density at radius 3 is 2.81 bits per heavy atom. The quantitative estimate of drug-likeness (QED) is 0.569. The van der Waals surface area contributed by atoms with E-state index in [0.29, 0.717) is 29.6 Å². The summed E-state index contributed by atoms with van der Waals surface area (Å²) in [5, 5.41) is 14.5. The Morgan fingerprint density at radius 1 is 1.22 bits per heavy atom. The smallest absolute Gasteiger partial charge is 0.265 e. The van der Waals surface area contributed by atoms with Crippen molar-refractivity contribution in [2.24, 2.45) is 0 Å². The van der Waals surface area contributed by atoms with Crippen molar-refractivity contribution in [2.75, 3.05) is 18.4 Å². The largest absolute Gasteiger partial charge is 0.368 e. The third kappa shape index (κ3) is 4.64. The monoisotopic (exact) mass is 386 g/mol. The summed E-state index contributed by atoms with van der Waals surface area (Å²) in [6.45, 7) is 6.96. The van der Waals surface area contributed by atoms with Gasteiger partial charge in [-0.3, -0.25) is 4.79 Å². The first kappa shape index (κ1) is 18.9. The Kier molecular flexibility index (Phi) is 6.07. The number of aryl methyl sites for hydroxylation is 3. The normalized spacial score (nSPS) is 10.8. The van der Waals surface area contributed by atoms with E-state index < -0.39 is 0 Å². The number of hydrogen-bond acceptors (Lipinski definition) is 8. The fourth-order valence-corrected chi connectivity index (χ4v) is 3.27. The molecule has 3 aromatic rings. The predicted molar refractivity (Wildman–Crippen MR) is 103 cm³/mol. The number of carbonyl (C=O) groups excluding carboxylic acids is 1. The Hall–Kier alpha value is -2.88. The van der Waals surface area contributed by atoms with E-state index in [4.69, 9.17) is 0 Å². The average Bonchev–Trinajstić information content (AvgIpc) is 3.25. The van der Waals surface area contributed by atoms with E-state index in [0.717, 1.165) is 41.5 Å². The number of anilines is 1. The average molecular weight is 386 g/mol. The molecule has 2 N–H and O–H groups in total. The minimum Gasteiger partial charge on any atom is -0.368 e. The first-order chi connectivity index (χ1) is 13.1. The van der Waals surface area contributed by atoms with E-state index in [-0.39, 0.29) is 5.91 Å². The van der Waals surface area contributed by atoms with Gasteiger partial charge < -0.3 is 10.6 Å². The molecule has 0 fully saturated rings. The molecule has 142 valence electrons. The number of amides is 1. The molecule has 27 heavy (non-hydrogen) atoms. The standard InChI is InChI=1S/C17H22N8OS/c1-4-5-13-16(27-24-22-13)17(26)19-7-6-18-14-9-15(21-10-20-14)25-12(3)8-11(2)23-25/h8-10H,4-7H2,1-3H3,(H,19,26)(H,18,20,21). The molecular formula is C17H22N8OS. The zero-order valence-electron chi connectivity index (χ0n) is 15.6.